The van der Waals surface area contributed by atoms with E-state index in [1.807, 2.05) is 37.3 Å². The van der Waals surface area contributed by atoms with E-state index in [4.69, 9.17) is 4.74 Å². The highest BCUT2D eigenvalue weighted by molar-refractivity contribution is 5.92. The van der Waals surface area contributed by atoms with Gasteiger partial charge in [-0.3, -0.25) is 9.78 Å². The summed E-state index contributed by atoms with van der Waals surface area (Å²) in [5, 5.41) is 5.81. The van der Waals surface area contributed by atoms with Crippen LogP contribution in [0.25, 0.3) is 22.2 Å². The van der Waals surface area contributed by atoms with Crippen LogP contribution in [0.4, 0.5) is 16.0 Å². The molecule has 2 aromatic carbocycles. The van der Waals surface area contributed by atoms with Gasteiger partial charge in [-0.1, -0.05) is 6.07 Å². The number of imidazole rings is 1. The monoisotopic (exact) mass is 468 g/mol. The predicted molar refractivity (Wildman–Crippen MR) is 131 cm³/mol. The maximum atomic E-state index is 13.6. The van der Waals surface area contributed by atoms with E-state index < -0.39 is 5.95 Å². The van der Waals surface area contributed by atoms with Crippen LogP contribution in [0, 0.1) is 12.9 Å². The molecular formula is C26H21FN6O2. The number of fused-ring (bicyclic) bond motifs is 1. The minimum Gasteiger partial charge on any atom is -0.457 e. The number of nitrogens with one attached hydrogen (secondary N) is 3. The van der Waals surface area contributed by atoms with Crippen molar-refractivity contribution in [3.8, 4) is 22.6 Å². The lowest BCUT2D eigenvalue weighted by Crippen LogP contribution is -2.18. The first kappa shape index (κ1) is 22.0. The van der Waals surface area contributed by atoms with E-state index >= 15 is 0 Å². The van der Waals surface area contributed by atoms with Gasteiger partial charge >= 0.3 is 0 Å². The predicted octanol–water partition coefficient (Wildman–Crippen LogP) is 5.36. The summed E-state index contributed by atoms with van der Waals surface area (Å²) in [5.74, 6) is 0.823. The van der Waals surface area contributed by atoms with Crippen molar-refractivity contribution in [3.63, 3.8) is 0 Å². The van der Waals surface area contributed by atoms with Crippen molar-refractivity contribution in [2.24, 2.45) is 0 Å². The van der Waals surface area contributed by atoms with Crippen LogP contribution in [0.15, 0.2) is 73.1 Å². The third-order valence-corrected chi connectivity index (χ3v) is 5.42. The van der Waals surface area contributed by atoms with Crippen LogP contribution in [0.3, 0.4) is 0 Å². The molecule has 1 amide bonds. The molecule has 0 unspecified atom stereocenters. The van der Waals surface area contributed by atoms with Crippen LogP contribution in [0.2, 0.25) is 0 Å². The maximum absolute atomic E-state index is 13.6. The number of benzene rings is 2. The van der Waals surface area contributed by atoms with Crippen molar-refractivity contribution in [3.05, 3.63) is 90.3 Å². The largest absolute Gasteiger partial charge is 0.457 e. The molecule has 3 aromatic heterocycles. The minimum atomic E-state index is -0.521. The van der Waals surface area contributed by atoms with Crippen LogP contribution >= 0.6 is 0 Å². The van der Waals surface area contributed by atoms with E-state index in [1.54, 1.807) is 31.3 Å². The van der Waals surface area contributed by atoms with E-state index in [9.17, 15) is 9.18 Å². The van der Waals surface area contributed by atoms with Crippen molar-refractivity contribution in [1.82, 2.24) is 25.3 Å². The number of aromatic nitrogens is 4. The molecule has 0 aliphatic rings. The summed E-state index contributed by atoms with van der Waals surface area (Å²) in [4.78, 5) is 27.3. The number of aromatic amines is 1. The summed E-state index contributed by atoms with van der Waals surface area (Å²) in [6, 6.07) is 17.8. The average molecular weight is 468 g/mol. The molecule has 3 N–H and O–H groups in total. The van der Waals surface area contributed by atoms with Crippen molar-refractivity contribution >= 4 is 28.6 Å². The second-order valence-electron chi connectivity index (χ2n) is 7.84. The Balaban J connectivity index is 1.37. The van der Waals surface area contributed by atoms with Crippen LogP contribution in [-0.2, 0) is 0 Å². The number of carbonyl (C=O) groups is 1. The number of amides is 1. The molecule has 0 atom stereocenters. The average Bonchev–Trinajstić information content (AvgIpc) is 3.26. The summed E-state index contributed by atoms with van der Waals surface area (Å²) in [6.07, 6.45) is 2.97. The van der Waals surface area contributed by atoms with E-state index in [-0.39, 0.29) is 11.6 Å². The zero-order valence-electron chi connectivity index (χ0n) is 19.0. The Labute approximate surface area is 200 Å². The van der Waals surface area contributed by atoms with Gasteiger partial charge in [0.1, 0.15) is 17.2 Å². The molecular weight excluding hydrogens is 447 g/mol. The molecule has 35 heavy (non-hydrogen) atoms. The Hall–Kier alpha value is -4.79. The molecule has 0 aliphatic heterocycles. The van der Waals surface area contributed by atoms with Gasteiger partial charge in [-0.05, 0) is 60.0 Å². The molecule has 8 nitrogen and oxygen atoms in total. The number of nitrogens with zero attached hydrogens (tertiary/aromatic N) is 3. The van der Waals surface area contributed by atoms with Gasteiger partial charge in [-0.15, -0.1) is 0 Å². The van der Waals surface area contributed by atoms with E-state index in [0.717, 1.165) is 33.4 Å². The van der Waals surface area contributed by atoms with Gasteiger partial charge < -0.3 is 20.4 Å². The number of halogens is 1. The molecule has 174 valence electrons. The summed E-state index contributed by atoms with van der Waals surface area (Å²) in [7, 11) is 1.55. The van der Waals surface area contributed by atoms with Gasteiger partial charge in [-0.2, -0.15) is 4.39 Å². The molecule has 0 aliphatic carbocycles. The number of pyridine rings is 2. The molecule has 0 fully saturated rings. The maximum Gasteiger partial charge on any atom is 0.269 e. The Kier molecular flexibility index (Phi) is 5.80. The molecule has 0 saturated heterocycles. The van der Waals surface area contributed by atoms with E-state index in [1.165, 1.54) is 18.5 Å². The van der Waals surface area contributed by atoms with Crippen LogP contribution < -0.4 is 15.4 Å². The summed E-state index contributed by atoms with van der Waals surface area (Å²) >= 11 is 0. The number of anilines is 2. The zero-order valence-corrected chi connectivity index (χ0v) is 19.0. The molecule has 0 radical (unpaired) electrons. The van der Waals surface area contributed by atoms with Crippen LogP contribution in [0.5, 0.6) is 11.5 Å². The fourth-order valence-electron chi connectivity index (χ4n) is 3.69. The number of hydrogen-bond acceptors (Lipinski definition) is 6. The SMILES string of the molecule is CNC(=O)c1cc(Oc2ccc3nc(Nc4ccc(C)c(-c5ccnc(F)c5)c4)[nH]c3c2)ccn1. The highest BCUT2D eigenvalue weighted by atomic mass is 19.1. The van der Waals surface area contributed by atoms with Crippen molar-refractivity contribution < 1.29 is 13.9 Å². The number of hydrogen-bond donors (Lipinski definition) is 3. The van der Waals surface area contributed by atoms with Gasteiger partial charge in [0.25, 0.3) is 5.91 Å². The molecule has 0 spiro atoms. The second-order valence-corrected chi connectivity index (χ2v) is 7.84. The Morgan fingerprint density at radius 3 is 2.63 bits per heavy atom. The Morgan fingerprint density at radius 2 is 1.80 bits per heavy atom. The number of carbonyl (C=O) groups excluding carboxylic acids is 1. The first-order chi connectivity index (χ1) is 17.0. The third-order valence-electron chi connectivity index (χ3n) is 5.42. The van der Waals surface area contributed by atoms with Crippen molar-refractivity contribution in [1.29, 1.82) is 0 Å². The summed E-state index contributed by atoms with van der Waals surface area (Å²) in [6.45, 7) is 1.97. The quantitative estimate of drug-likeness (QED) is 0.290. The normalized spacial score (nSPS) is 10.8. The van der Waals surface area contributed by atoms with Gasteiger partial charge in [0.2, 0.25) is 11.9 Å². The molecule has 9 heteroatoms. The smallest absolute Gasteiger partial charge is 0.269 e. The van der Waals surface area contributed by atoms with E-state index in [2.05, 4.69) is 30.6 Å². The Morgan fingerprint density at radius 1 is 0.971 bits per heavy atom. The lowest BCUT2D eigenvalue weighted by Gasteiger charge is -2.10. The second kappa shape index (κ2) is 9.22. The lowest BCUT2D eigenvalue weighted by atomic mass is 10.0. The highest BCUT2D eigenvalue weighted by Gasteiger charge is 2.10. The van der Waals surface area contributed by atoms with Gasteiger partial charge in [-0.25, -0.2) is 9.97 Å². The van der Waals surface area contributed by atoms with Crippen LogP contribution in [-0.4, -0.2) is 32.9 Å². The molecule has 5 aromatic rings. The fraction of sp³-hybridized carbons (Fsp3) is 0.0769. The number of rotatable bonds is 6. The Bertz CT molecular complexity index is 1550. The third kappa shape index (κ3) is 4.79. The first-order valence-electron chi connectivity index (χ1n) is 10.8. The molecule has 5 rings (SSSR count). The highest BCUT2D eigenvalue weighted by Crippen LogP contribution is 2.29. The topological polar surface area (TPSA) is 105 Å². The molecule has 0 bridgehead atoms. The van der Waals surface area contributed by atoms with Gasteiger partial charge in [0.05, 0.1) is 11.0 Å². The van der Waals surface area contributed by atoms with Crippen molar-refractivity contribution in [2.45, 2.75) is 6.92 Å². The van der Waals surface area contributed by atoms with Crippen LogP contribution in [0.1, 0.15) is 16.1 Å². The minimum absolute atomic E-state index is 0.270. The summed E-state index contributed by atoms with van der Waals surface area (Å²) < 4.78 is 19.5. The number of H-pyrrole nitrogens is 1. The zero-order chi connectivity index (χ0) is 24.4. The van der Waals surface area contributed by atoms with Gasteiger partial charge in [0.15, 0.2) is 0 Å². The van der Waals surface area contributed by atoms with Gasteiger partial charge in [0, 0.05) is 43.3 Å². The number of ether oxygens (including phenoxy) is 1. The fourth-order valence-corrected chi connectivity index (χ4v) is 3.69. The van der Waals surface area contributed by atoms with E-state index in [0.29, 0.717) is 17.4 Å². The van der Waals surface area contributed by atoms with Crippen molar-refractivity contribution in [2.75, 3.05) is 12.4 Å². The first-order valence-corrected chi connectivity index (χ1v) is 10.8. The lowest BCUT2D eigenvalue weighted by molar-refractivity contribution is 0.0958. The standard InChI is InChI=1S/C26H21FN6O2/c1-15-3-4-17(12-20(15)16-7-9-30-24(27)11-16)31-26-32-21-6-5-18(13-22(21)33-26)35-19-8-10-29-23(14-19)25(34)28-2/h3-14H,1-2H3,(H,28,34)(H2,31,32,33). The molecule has 3 heterocycles. The number of aryl methyl sites for hydroxylation is 1. The molecule has 0 saturated carbocycles. The summed E-state index contributed by atoms with van der Waals surface area (Å²) in [5.41, 5.74) is 5.27.